The number of para-hydroxylation sites is 1. The number of aromatic hydroxyl groups is 1. The summed E-state index contributed by atoms with van der Waals surface area (Å²) >= 11 is 5.91. The zero-order chi connectivity index (χ0) is 24.2. The Balaban J connectivity index is 1.38. The van der Waals surface area contributed by atoms with E-state index in [1.54, 1.807) is 53.1 Å². The third kappa shape index (κ3) is 5.19. The summed E-state index contributed by atoms with van der Waals surface area (Å²) in [4.78, 5) is 15.0. The molecule has 178 valence electrons. The Morgan fingerprint density at radius 3 is 2.57 bits per heavy atom. The van der Waals surface area contributed by atoms with E-state index in [0.717, 1.165) is 24.0 Å². The minimum Gasteiger partial charge on any atom is -0.493 e. The first-order valence-electron chi connectivity index (χ1n) is 11.2. The van der Waals surface area contributed by atoms with Crippen LogP contribution in [0, 0.1) is 0 Å². The Morgan fingerprint density at radius 2 is 1.77 bits per heavy atom. The fraction of sp³-hybridized carbons (Fsp3) is 0.192. The van der Waals surface area contributed by atoms with E-state index in [-0.39, 0.29) is 11.6 Å². The van der Waals surface area contributed by atoms with Gasteiger partial charge in [0.25, 0.3) is 5.91 Å². The average Bonchev–Trinajstić information content (AvgIpc) is 3.15. The Bertz CT molecular complexity index is 1380. The molecule has 1 N–H and O–H groups in total. The molecular weight excluding hydrogens is 468 g/mol. The van der Waals surface area contributed by atoms with E-state index >= 15 is 0 Å². The van der Waals surface area contributed by atoms with Crippen molar-refractivity contribution in [3.05, 3.63) is 83.4 Å². The number of hydrogen-bond donors (Lipinski definition) is 1. The van der Waals surface area contributed by atoms with Crippen molar-refractivity contribution in [3.63, 3.8) is 0 Å². The molecule has 5 rings (SSSR count). The number of carbonyl (C=O) groups is 1. The smallest absolute Gasteiger partial charge is 0.295 e. The summed E-state index contributed by atoms with van der Waals surface area (Å²) in [5.74, 6) is 0.502. The molecule has 1 aliphatic rings. The largest absolute Gasteiger partial charge is 0.493 e. The molecule has 0 spiro atoms. The molecule has 4 aromatic rings. The van der Waals surface area contributed by atoms with Crippen LogP contribution in [0.1, 0.15) is 10.4 Å². The van der Waals surface area contributed by atoms with Gasteiger partial charge in [0.15, 0.2) is 5.69 Å². The standard InChI is InChI=1S/C26H23ClN4O4/c27-19-8-10-20(11-9-19)35-21-5-3-4-18(16-21)25(32)29-28-24-22-6-1-2-7-23(22)31(26(24)33)17-30-12-14-34-15-13-30/h1-11,16,33H,12-15,17H2. The maximum Gasteiger partial charge on any atom is 0.295 e. The van der Waals surface area contributed by atoms with Gasteiger partial charge in [0.05, 0.1) is 25.4 Å². The molecule has 1 aliphatic heterocycles. The molecular formula is C26H23ClN4O4. The first-order chi connectivity index (χ1) is 17.1. The first kappa shape index (κ1) is 23.0. The van der Waals surface area contributed by atoms with Crippen LogP contribution < -0.4 is 4.74 Å². The van der Waals surface area contributed by atoms with E-state index < -0.39 is 5.91 Å². The van der Waals surface area contributed by atoms with Crippen molar-refractivity contribution in [2.75, 3.05) is 26.3 Å². The van der Waals surface area contributed by atoms with Crippen LogP contribution >= 0.6 is 11.6 Å². The molecule has 0 radical (unpaired) electrons. The van der Waals surface area contributed by atoms with Crippen molar-refractivity contribution in [1.29, 1.82) is 0 Å². The maximum absolute atomic E-state index is 12.8. The molecule has 0 saturated carbocycles. The Hall–Kier alpha value is -3.72. The predicted octanol–water partition coefficient (Wildman–Crippen LogP) is 6.01. The van der Waals surface area contributed by atoms with E-state index in [4.69, 9.17) is 21.1 Å². The molecule has 3 aromatic carbocycles. The molecule has 1 aromatic heterocycles. The topological polar surface area (TPSA) is 88.6 Å². The number of amides is 1. The molecule has 1 amide bonds. The number of morpholine rings is 1. The predicted molar refractivity (Wildman–Crippen MR) is 133 cm³/mol. The van der Waals surface area contributed by atoms with E-state index in [2.05, 4.69) is 15.1 Å². The van der Waals surface area contributed by atoms with E-state index in [1.165, 1.54) is 0 Å². The highest BCUT2D eigenvalue weighted by molar-refractivity contribution is 6.30. The number of benzene rings is 3. The summed E-state index contributed by atoms with van der Waals surface area (Å²) in [7, 11) is 0. The van der Waals surface area contributed by atoms with Crippen molar-refractivity contribution >= 4 is 34.1 Å². The van der Waals surface area contributed by atoms with Crippen molar-refractivity contribution < 1.29 is 19.4 Å². The molecule has 9 heteroatoms. The molecule has 0 aliphatic carbocycles. The third-order valence-electron chi connectivity index (χ3n) is 5.73. The van der Waals surface area contributed by atoms with Crippen molar-refractivity contribution in [2.45, 2.75) is 6.67 Å². The fourth-order valence-corrected chi connectivity index (χ4v) is 4.07. The van der Waals surface area contributed by atoms with Gasteiger partial charge in [0.1, 0.15) is 11.5 Å². The summed E-state index contributed by atoms with van der Waals surface area (Å²) in [5.41, 5.74) is 1.39. The highest BCUT2D eigenvalue weighted by atomic mass is 35.5. The van der Waals surface area contributed by atoms with E-state index in [1.807, 2.05) is 24.3 Å². The summed E-state index contributed by atoms with van der Waals surface area (Å²) < 4.78 is 13.0. The minimum atomic E-state index is -0.545. The molecule has 35 heavy (non-hydrogen) atoms. The number of hydrogen-bond acceptors (Lipinski definition) is 6. The van der Waals surface area contributed by atoms with Gasteiger partial charge in [0.2, 0.25) is 5.88 Å². The van der Waals surface area contributed by atoms with Gasteiger partial charge >= 0.3 is 0 Å². The lowest BCUT2D eigenvalue weighted by atomic mass is 10.2. The summed E-state index contributed by atoms with van der Waals surface area (Å²) in [6, 6.07) is 21.1. The second-order valence-electron chi connectivity index (χ2n) is 8.08. The molecule has 1 fully saturated rings. The Labute approximate surface area is 207 Å². The van der Waals surface area contributed by atoms with Gasteiger partial charge in [0, 0.05) is 29.1 Å². The number of fused-ring (bicyclic) bond motifs is 1. The molecule has 0 unspecified atom stereocenters. The third-order valence-corrected chi connectivity index (χ3v) is 5.99. The van der Waals surface area contributed by atoms with E-state index in [0.29, 0.717) is 42.0 Å². The van der Waals surface area contributed by atoms with Crippen LogP contribution in [0.5, 0.6) is 17.4 Å². The molecule has 0 bridgehead atoms. The molecule has 0 atom stereocenters. The van der Waals surface area contributed by atoms with Crippen LogP contribution in [-0.2, 0) is 11.4 Å². The average molecular weight is 491 g/mol. The summed E-state index contributed by atoms with van der Waals surface area (Å²) in [5, 5.41) is 20.3. The lowest BCUT2D eigenvalue weighted by Gasteiger charge is -2.27. The van der Waals surface area contributed by atoms with Gasteiger partial charge in [-0.15, -0.1) is 10.2 Å². The van der Waals surface area contributed by atoms with Crippen LogP contribution in [-0.4, -0.2) is 46.8 Å². The first-order valence-corrected chi connectivity index (χ1v) is 11.6. The van der Waals surface area contributed by atoms with Crippen molar-refractivity contribution in [3.8, 4) is 17.4 Å². The lowest BCUT2D eigenvalue weighted by Crippen LogP contribution is -2.37. The van der Waals surface area contributed by atoms with Crippen molar-refractivity contribution in [2.24, 2.45) is 10.2 Å². The number of azo groups is 1. The second-order valence-corrected chi connectivity index (χ2v) is 8.51. The minimum absolute atomic E-state index is 0.0333. The number of ether oxygens (including phenoxy) is 2. The van der Waals surface area contributed by atoms with Crippen LogP contribution in [0.25, 0.3) is 10.9 Å². The highest BCUT2D eigenvalue weighted by Gasteiger charge is 2.20. The summed E-state index contributed by atoms with van der Waals surface area (Å²) in [6.45, 7) is 3.35. The quantitative estimate of drug-likeness (QED) is 0.334. The normalized spacial score (nSPS) is 14.5. The van der Waals surface area contributed by atoms with Crippen LogP contribution in [0.2, 0.25) is 5.02 Å². The van der Waals surface area contributed by atoms with Crippen LogP contribution in [0.15, 0.2) is 83.0 Å². The Kier molecular flexibility index (Phi) is 6.76. The zero-order valence-electron chi connectivity index (χ0n) is 18.8. The second kappa shape index (κ2) is 10.3. The van der Waals surface area contributed by atoms with Crippen LogP contribution in [0.3, 0.4) is 0 Å². The number of carbonyl (C=O) groups excluding carboxylic acids is 1. The molecule has 2 heterocycles. The maximum atomic E-state index is 12.8. The monoisotopic (exact) mass is 490 g/mol. The van der Waals surface area contributed by atoms with Gasteiger partial charge in [-0.05, 0) is 48.5 Å². The number of halogens is 1. The highest BCUT2D eigenvalue weighted by Crippen LogP contribution is 2.39. The summed E-state index contributed by atoms with van der Waals surface area (Å²) in [6.07, 6.45) is 0. The number of rotatable bonds is 6. The zero-order valence-corrected chi connectivity index (χ0v) is 19.6. The number of aromatic nitrogens is 1. The Morgan fingerprint density at radius 1 is 1.00 bits per heavy atom. The van der Waals surface area contributed by atoms with Gasteiger partial charge in [-0.3, -0.25) is 14.3 Å². The lowest BCUT2D eigenvalue weighted by molar-refractivity contribution is 0.0231. The van der Waals surface area contributed by atoms with Gasteiger partial charge < -0.3 is 14.6 Å². The molecule has 1 saturated heterocycles. The van der Waals surface area contributed by atoms with E-state index in [9.17, 15) is 9.90 Å². The SMILES string of the molecule is O=C(N=Nc1c(O)n(CN2CCOCC2)c2ccccc12)c1cccc(Oc2ccc(Cl)cc2)c1. The van der Waals surface area contributed by atoms with Crippen molar-refractivity contribution in [1.82, 2.24) is 9.47 Å². The van der Waals surface area contributed by atoms with Crippen LogP contribution in [0.4, 0.5) is 5.69 Å². The van der Waals surface area contributed by atoms with Gasteiger partial charge in [-0.2, -0.15) is 0 Å². The van der Waals surface area contributed by atoms with Gasteiger partial charge in [-0.1, -0.05) is 35.9 Å². The number of nitrogens with zero attached hydrogens (tertiary/aromatic N) is 4. The molecule has 8 nitrogen and oxygen atoms in total. The van der Waals surface area contributed by atoms with Gasteiger partial charge in [-0.25, -0.2) is 0 Å². The fourth-order valence-electron chi connectivity index (χ4n) is 3.94.